The van der Waals surface area contributed by atoms with Gasteiger partial charge in [-0.05, 0) is 26.0 Å². The highest BCUT2D eigenvalue weighted by atomic mass is 32.1. The van der Waals surface area contributed by atoms with E-state index >= 15 is 0 Å². The van der Waals surface area contributed by atoms with E-state index in [0.29, 0.717) is 6.54 Å². The number of rotatable bonds is 4. The molecule has 1 aromatic carbocycles. The molecule has 4 nitrogen and oxygen atoms in total. The van der Waals surface area contributed by atoms with Gasteiger partial charge in [0.15, 0.2) is 0 Å². The van der Waals surface area contributed by atoms with Gasteiger partial charge in [0.05, 0.1) is 5.69 Å². The molecule has 20 heavy (non-hydrogen) atoms. The quantitative estimate of drug-likeness (QED) is 0.523. The van der Waals surface area contributed by atoms with E-state index in [1.807, 2.05) is 42.0 Å². The summed E-state index contributed by atoms with van der Waals surface area (Å²) in [6.07, 6.45) is 1.82. The van der Waals surface area contributed by atoms with Gasteiger partial charge in [-0.2, -0.15) is 5.10 Å². The third-order valence-electron chi connectivity index (χ3n) is 2.59. The number of allylic oxidation sites excluding steroid dienone is 1. The molecule has 1 N–H and O–H groups in total. The molecule has 0 bridgehead atoms. The maximum atomic E-state index is 9.61. The zero-order chi connectivity index (χ0) is 14.5. The molecule has 2 rings (SSSR count). The Morgan fingerprint density at radius 1 is 1.45 bits per heavy atom. The van der Waals surface area contributed by atoms with Crippen LogP contribution in [0.1, 0.15) is 13.8 Å². The van der Waals surface area contributed by atoms with E-state index in [4.69, 9.17) is 0 Å². The smallest absolute Gasteiger partial charge is 0.211 e. The van der Waals surface area contributed by atoms with Crippen molar-refractivity contribution in [1.82, 2.24) is 4.57 Å². The number of phenols is 1. The summed E-state index contributed by atoms with van der Waals surface area (Å²) >= 11 is 1.52. The number of phenolic OH excluding ortho intramolecular Hbond substituents is 1. The predicted molar refractivity (Wildman–Crippen MR) is 84.0 cm³/mol. The van der Waals surface area contributed by atoms with Gasteiger partial charge in [0, 0.05) is 23.2 Å². The number of aromatic hydroxyl groups is 1. The summed E-state index contributed by atoms with van der Waals surface area (Å²) < 4.78 is 2.03. The maximum absolute atomic E-state index is 9.61. The van der Waals surface area contributed by atoms with E-state index in [2.05, 4.69) is 16.8 Å². The highest BCUT2D eigenvalue weighted by Gasteiger charge is 2.07. The van der Waals surface area contributed by atoms with Crippen molar-refractivity contribution in [1.29, 1.82) is 0 Å². The Bertz CT molecular complexity index is 706. The first kappa shape index (κ1) is 14.3. The summed E-state index contributed by atoms with van der Waals surface area (Å²) in [5.41, 5.74) is 2.85. The van der Waals surface area contributed by atoms with Crippen molar-refractivity contribution in [2.75, 3.05) is 0 Å². The van der Waals surface area contributed by atoms with Gasteiger partial charge >= 0.3 is 0 Å². The van der Waals surface area contributed by atoms with Crippen LogP contribution in [0.5, 0.6) is 5.75 Å². The molecular weight excluding hydrogens is 270 g/mol. The molecule has 2 aromatic rings. The second kappa shape index (κ2) is 6.34. The molecule has 1 heterocycles. The molecule has 0 fully saturated rings. The third-order valence-corrected chi connectivity index (χ3v) is 3.44. The highest BCUT2D eigenvalue weighted by molar-refractivity contribution is 7.07. The van der Waals surface area contributed by atoms with E-state index < -0.39 is 0 Å². The van der Waals surface area contributed by atoms with Crippen LogP contribution in [0.3, 0.4) is 0 Å². The number of nitrogens with zero attached hydrogens (tertiary/aromatic N) is 3. The number of hydrogen-bond donors (Lipinski definition) is 1. The Labute approximate surface area is 122 Å². The van der Waals surface area contributed by atoms with Crippen LogP contribution in [0, 0.1) is 0 Å². The minimum absolute atomic E-state index is 0.250. The average Bonchev–Trinajstić information content (AvgIpc) is 2.80. The molecule has 0 saturated carbocycles. The van der Waals surface area contributed by atoms with Crippen LogP contribution >= 0.6 is 11.3 Å². The lowest BCUT2D eigenvalue weighted by atomic mass is 10.1. The van der Waals surface area contributed by atoms with Crippen molar-refractivity contribution in [3.63, 3.8) is 0 Å². The van der Waals surface area contributed by atoms with Crippen LogP contribution in [-0.2, 0) is 6.54 Å². The predicted octanol–water partition coefficient (Wildman–Crippen LogP) is 3.40. The third kappa shape index (κ3) is 3.24. The van der Waals surface area contributed by atoms with Gasteiger partial charge in [0.2, 0.25) is 4.80 Å². The lowest BCUT2D eigenvalue weighted by Crippen LogP contribution is -2.14. The largest absolute Gasteiger partial charge is 0.508 e. The van der Waals surface area contributed by atoms with E-state index in [-0.39, 0.29) is 5.75 Å². The van der Waals surface area contributed by atoms with Gasteiger partial charge in [-0.3, -0.25) is 0 Å². The molecule has 0 radical (unpaired) electrons. The summed E-state index contributed by atoms with van der Waals surface area (Å²) in [5, 5.41) is 20.0. The highest BCUT2D eigenvalue weighted by Crippen LogP contribution is 2.23. The molecule has 0 amide bonds. The van der Waals surface area contributed by atoms with Gasteiger partial charge < -0.3 is 9.67 Å². The Hall–Kier alpha value is -2.14. The Balaban J connectivity index is 2.57. The van der Waals surface area contributed by atoms with Crippen molar-refractivity contribution in [2.24, 2.45) is 10.2 Å². The second-order valence-corrected chi connectivity index (χ2v) is 5.34. The number of benzene rings is 1. The standard InChI is InChI=1S/C15H17N3OS/c1-4-8-18-14(12-6-5-7-13(19)9-12)10-20-15(18)17-16-11(2)3/h4-7,9-10,19H,1,8H2,2-3H3. The fourth-order valence-electron chi connectivity index (χ4n) is 1.75. The number of aromatic nitrogens is 1. The first-order chi connectivity index (χ1) is 9.61. The lowest BCUT2D eigenvalue weighted by molar-refractivity contribution is 0.475. The SMILES string of the molecule is C=CCn1c(-c2cccc(O)c2)csc1=NN=C(C)C. The normalized spacial score (nSPS) is 11.4. The monoisotopic (exact) mass is 287 g/mol. The van der Waals surface area contributed by atoms with Crippen molar-refractivity contribution < 1.29 is 5.11 Å². The van der Waals surface area contributed by atoms with Crippen LogP contribution in [0.4, 0.5) is 0 Å². The molecule has 0 aliphatic rings. The minimum Gasteiger partial charge on any atom is -0.508 e. The molecule has 0 saturated heterocycles. The summed E-state index contributed by atoms with van der Waals surface area (Å²) in [6, 6.07) is 7.18. The second-order valence-electron chi connectivity index (χ2n) is 4.50. The summed E-state index contributed by atoms with van der Waals surface area (Å²) in [4.78, 5) is 0.810. The fraction of sp³-hybridized carbons (Fsp3) is 0.200. The van der Waals surface area contributed by atoms with E-state index in [1.165, 1.54) is 11.3 Å². The molecular formula is C15H17N3OS. The van der Waals surface area contributed by atoms with Crippen molar-refractivity contribution >= 4 is 17.0 Å². The molecule has 0 unspecified atom stereocenters. The van der Waals surface area contributed by atoms with E-state index in [1.54, 1.807) is 12.1 Å². The van der Waals surface area contributed by atoms with Crippen LogP contribution in [0.25, 0.3) is 11.3 Å². The molecule has 1 aromatic heterocycles. The molecule has 5 heteroatoms. The fourth-order valence-corrected chi connectivity index (χ4v) is 2.62. The number of hydrogen-bond acceptors (Lipinski definition) is 4. The van der Waals surface area contributed by atoms with E-state index in [0.717, 1.165) is 21.8 Å². The average molecular weight is 287 g/mol. The number of thiazole rings is 1. The van der Waals surface area contributed by atoms with Gasteiger partial charge in [0.25, 0.3) is 0 Å². The van der Waals surface area contributed by atoms with Crippen LogP contribution < -0.4 is 4.80 Å². The van der Waals surface area contributed by atoms with Gasteiger partial charge in [-0.25, -0.2) is 0 Å². The van der Waals surface area contributed by atoms with Crippen LogP contribution in [0.15, 0.2) is 52.5 Å². The van der Waals surface area contributed by atoms with Gasteiger partial charge in [-0.1, -0.05) is 18.2 Å². The Morgan fingerprint density at radius 3 is 2.90 bits per heavy atom. The first-order valence-electron chi connectivity index (χ1n) is 6.25. The van der Waals surface area contributed by atoms with Crippen molar-refractivity contribution in [2.45, 2.75) is 20.4 Å². The maximum Gasteiger partial charge on any atom is 0.211 e. The Morgan fingerprint density at radius 2 is 2.25 bits per heavy atom. The van der Waals surface area contributed by atoms with Crippen molar-refractivity contribution in [3.8, 4) is 17.0 Å². The zero-order valence-corrected chi connectivity index (χ0v) is 12.4. The summed E-state index contributed by atoms with van der Waals surface area (Å²) in [7, 11) is 0. The zero-order valence-electron chi connectivity index (χ0n) is 11.6. The van der Waals surface area contributed by atoms with Crippen LogP contribution in [-0.4, -0.2) is 15.4 Å². The van der Waals surface area contributed by atoms with Gasteiger partial charge in [-0.15, -0.1) is 23.0 Å². The van der Waals surface area contributed by atoms with Crippen molar-refractivity contribution in [3.05, 3.63) is 47.1 Å². The molecule has 104 valence electrons. The first-order valence-corrected chi connectivity index (χ1v) is 7.13. The molecule has 0 aliphatic carbocycles. The summed E-state index contributed by atoms with van der Waals surface area (Å²) in [6.45, 7) is 8.24. The van der Waals surface area contributed by atoms with Gasteiger partial charge in [0.1, 0.15) is 5.75 Å². The van der Waals surface area contributed by atoms with Crippen LogP contribution in [0.2, 0.25) is 0 Å². The Kier molecular flexibility index (Phi) is 4.53. The molecule has 0 atom stereocenters. The molecule has 0 aliphatic heterocycles. The van der Waals surface area contributed by atoms with E-state index in [9.17, 15) is 5.11 Å². The minimum atomic E-state index is 0.250. The lowest BCUT2D eigenvalue weighted by Gasteiger charge is -2.06. The molecule has 0 spiro atoms. The summed E-state index contributed by atoms with van der Waals surface area (Å²) in [5.74, 6) is 0.250. The topological polar surface area (TPSA) is 49.9 Å².